The van der Waals surface area contributed by atoms with E-state index in [1.807, 2.05) is 12.1 Å². The lowest BCUT2D eigenvalue weighted by Crippen LogP contribution is -1.99. The second kappa shape index (κ2) is 6.43. The van der Waals surface area contributed by atoms with Crippen LogP contribution in [0.5, 0.6) is 11.5 Å². The lowest BCUT2D eigenvalue weighted by molar-refractivity contribution is 0.395. The Hall–Kier alpha value is -1.16. The maximum absolute atomic E-state index is 5.35. The number of hydrogen-bond donors (Lipinski definition) is 0. The number of ether oxygens (including phenoxy) is 2. The van der Waals surface area contributed by atoms with Crippen molar-refractivity contribution in [3.05, 3.63) is 23.3 Å². The average Bonchev–Trinajstić information content (AvgIpc) is 2.35. The number of rotatable bonds is 6. The van der Waals surface area contributed by atoms with Crippen LogP contribution < -0.4 is 9.47 Å². The highest BCUT2D eigenvalue weighted by Gasteiger charge is 2.09. The molecule has 0 spiro atoms. The highest BCUT2D eigenvalue weighted by atomic mass is 32.1. The monoisotopic (exact) mass is 239 g/mol. The summed E-state index contributed by atoms with van der Waals surface area (Å²) < 4.78 is 14.4. The van der Waals surface area contributed by atoms with Crippen LogP contribution in [-0.4, -0.2) is 20.8 Å². The molecule has 0 amide bonds. The molecular formula is C12H17NO2S. The first kappa shape index (κ1) is 12.9. The number of aryl methyl sites for hydroxylation is 1. The van der Waals surface area contributed by atoms with E-state index in [4.69, 9.17) is 9.47 Å². The molecular weight excluding hydrogens is 222 g/mol. The van der Waals surface area contributed by atoms with Crippen LogP contribution in [0.25, 0.3) is 0 Å². The highest BCUT2D eigenvalue weighted by Crippen LogP contribution is 2.29. The molecule has 88 valence electrons. The molecule has 0 atom stereocenters. The fourth-order valence-electron chi connectivity index (χ4n) is 1.66. The fourth-order valence-corrected chi connectivity index (χ4v) is 1.75. The zero-order valence-corrected chi connectivity index (χ0v) is 10.8. The molecule has 0 aliphatic heterocycles. The van der Waals surface area contributed by atoms with Crippen molar-refractivity contribution in [1.29, 1.82) is 0 Å². The number of hydrogen-bond acceptors (Lipinski definition) is 4. The molecule has 16 heavy (non-hydrogen) atoms. The average molecular weight is 239 g/mol. The minimum atomic E-state index is 0.625. The predicted octanol–water partition coefficient (Wildman–Crippen LogP) is 2.54. The lowest BCUT2D eigenvalue weighted by atomic mass is 10.0. The van der Waals surface area contributed by atoms with Crippen molar-refractivity contribution in [2.75, 3.05) is 20.8 Å². The van der Waals surface area contributed by atoms with Crippen LogP contribution in [0.4, 0.5) is 0 Å². The Morgan fingerprint density at radius 2 is 1.69 bits per heavy atom. The topological polar surface area (TPSA) is 30.8 Å². The van der Waals surface area contributed by atoms with Crippen LogP contribution in [0.15, 0.2) is 16.5 Å². The molecule has 1 aromatic carbocycles. The third kappa shape index (κ3) is 2.92. The Bertz CT molecular complexity index is 366. The van der Waals surface area contributed by atoms with Crippen molar-refractivity contribution in [1.82, 2.24) is 0 Å². The summed E-state index contributed by atoms with van der Waals surface area (Å²) in [5.74, 6) is 1.79. The minimum Gasteiger partial charge on any atom is -0.496 e. The molecule has 0 bridgehead atoms. The molecule has 0 aromatic heterocycles. The smallest absolute Gasteiger partial charge is 0.122 e. The maximum atomic E-state index is 5.35. The highest BCUT2D eigenvalue weighted by molar-refractivity contribution is 7.47. The summed E-state index contributed by atoms with van der Waals surface area (Å²) in [5, 5.41) is 0. The second-order valence-corrected chi connectivity index (χ2v) is 3.69. The van der Waals surface area contributed by atoms with Crippen molar-refractivity contribution in [2.45, 2.75) is 19.8 Å². The third-order valence-electron chi connectivity index (χ3n) is 2.54. The molecule has 3 nitrogen and oxygen atoms in total. The van der Waals surface area contributed by atoms with E-state index >= 15 is 0 Å². The molecule has 0 saturated heterocycles. The molecule has 4 heteroatoms. The van der Waals surface area contributed by atoms with Crippen LogP contribution in [-0.2, 0) is 25.3 Å². The van der Waals surface area contributed by atoms with Gasteiger partial charge in [-0.2, -0.15) is 0 Å². The predicted molar refractivity (Wildman–Crippen MR) is 67.3 cm³/mol. The fraction of sp³-hybridized carbons (Fsp3) is 0.500. The van der Waals surface area contributed by atoms with Gasteiger partial charge in [0.05, 0.1) is 20.8 Å². The second-order valence-electron chi connectivity index (χ2n) is 3.43. The van der Waals surface area contributed by atoms with E-state index in [0.717, 1.165) is 35.5 Å². The van der Waals surface area contributed by atoms with Crippen molar-refractivity contribution >= 4 is 12.4 Å². The van der Waals surface area contributed by atoms with Gasteiger partial charge in [0.25, 0.3) is 0 Å². The number of nitrogens with zero attached hydrogens (tertiary/aromatic N) is 1. The molecule has 0 saturated carbocycles. The summed E-state index contributed by atoms with van der Waals surface area (Å²) >= 11 is 4.59. The van der Waals surface area contributed by atoms with Gasteiger partial charge >= 0.3 is 0 Å². The molecule has 0 unspecified atom stereocenters. The van der Waals surface area contributed by atoms with E-state index in [9.17, 15) is 0 Å². The normalized spacial score (nSPS) is 9.94. The van der Waals surface area contributed by atoms with Crippen molar-refractivity contribution in [3.8, 4) is 11.5 Å². The molecule has 0 heterocycles. The molecule has 0 aliphatic rings. The molecule has 1 rings (SSSR count). The lowest BCUT2D eigenvalue weighted by Gasteiger charge is -2.13. The quantitative estimate of drug-likeness (QED) is 0.764. The summed E-state index contributed by atoms with van der Waals surface area (Å²) in [6.45, 7) is 2.72. The Balaban J connectivity index is 3.09. The van der Waals surface area contributed by atoms with E-state index in [0.29, 0.717) is 6.54 Å². The summed E-state index contributed by atoms with van der Waals surface area (Å²) in [4.78, 5) is 0. The summed E-state index contributed by atoms with van der Waals surface area (Å²) in [6, 6.07) is 4.04. The van der Waals surface area contributed by atoms with E-state index in [1.54, 1.807) is 14.2 Å². The maximum Gasteiger partial charge on any atom is 0.122 e. The zero-order chi connectivity index (χ0) is 12.0. The molecule has 1 aromatic rings. The Morgan fingerprint density at radius 1 is 1.12 bits per heavy atom. The van der Waals surface area contributed by atoms with Gasteiger partial charge in [-0.15, -0.1) is 0 Å². The molecule has 0 aliphatic carbocycles. The van der Waals surface area contributed by atoms with Gasteiger partial charge in [-0.05, 0) is 36.1 Å². The summed E-state index contributed by atoms with van der Waals surface area (Å²) in [5.41, 5.74) is 2.24. The first-order chi connectivity index (χ1) is 7.76. The van der Waals surface area contributed by atoms with Gasteiger partial charge in [-0.25, -0.2) is 4.36 Å². The molecule has 0 fully saturated rings. The molecule has 0 radical (unpaired) electrons. The minimum absolute atomic E-state index is 0.625. The largest absolute Gasteiger partial charge is 0.496 e. The Labute approximate surface area is 102 Å². The van der Waals surface area contributed by atoms with Gasteiger partial charge in [0.15, 0.2) is 0 Å². The van der Waals surface area contributed by atoms with Crippen LogP contribution >= 0.6 is 0 Å². The van der Waals surface area contributed by atoms with Gasteiger partial charge in [0, 0.05) is 12.4 Å². The number of benzene rings is 1. The van der Waals surface area contributed by atoms with Crippen molar-refractivity contribution < 1.29 is 9.47 Å². The van der Waals surface area contributed by atoms with Gasteiger partial charge in [0.1, 0.15) is 11.5 Å². The van der Waals surface area contributed by atoms with E-state index in [-0.39, 0.29) is 0 Å². The SMILES string of the molecule is CCc1cc(OC)c(CCN=S)cc1OC. The van der Waals surface area contributed by atoms with Crippen LogP contribution in [0.1, 0.15) is 18.1 Å². The van der Waals surface area contributed by atoms with Gasteiger partial charge < -0.3 is 9.47 Å². The summed E-state index contributed by atoms with van der Waals surface area (Å²) in [7, 11) is 3.36. The Kier molecular flexibility index (Phi) is 5.19. The van der Waals surface area contributed by atoms with E-state index in [1.165, 1.54) is 0 Å². The van der Waals surface area contributed by atoms with E-state index in [2.05, 4.69) is 23.7 Å². The van der Waals surface area contributed by atoms with Crippen LogP contribution in [0.3, 0.4) is 0 Å². The van der Waals surface area contributed by atoms with Crippen LogP contribution in [0.2, 0.25) is 0 Å². The standard InChI is InChI=1S/C12H17NO2S/c1-4-9-7-12(15-3)10(5-6-13-16)8-11(9)14-2/h7-8H,4-6H2,1-3H3. The van der Waals surface area contributed by atoms with Crippen molar-refractivity contribution in [2.24, 2.45) is 4.36 Å². The third-order valence-corrected chi connectivity index (χ3v) is 2.72. The first-order valence-corrected chi connectivity index (χ1v) is 5.66. The van der Waals surface area contributed by atoms with Gasteiger partial charge in [-0.1, -0.05) is 6.92 Å². The number of methoxy groups -OCH3 is 2. The van der Waals surface area contributed by atoms with Crippen LogP contribution in [0, 0.1) is 0 Å². The Morgan fingerprint density at radius 3 is 2.19 bits per heavy atom. The van der Waals surface area contributed by atoms with E-state index < -0.39 is 0 Å². The van der Waals surface area contributed by atoms with Gasteiger partial charge in [-0.3, -0.25) is 0 Å². The zero-order valence-electron chi connectivity index (χ0n) is 9.95. The summed E-state index contributed by atoms with van der Waals surface area (Å²) in [6.07, 6.45) is 1.71. The van der Waals surface area contributed by atoms with Crippen molar-refractivity contribution in [3.63, 3.8) is 0 Å². The first-order valence-electron chi connectivity index (χ1n) is 5.29. The van der Waals surface area contributed by atoms with Gasteiger partial charge in [0.2, 0.25) is 0 Å². The molecule has 0 N–H and O–H groups in total.